The predicted molar refractivity (Wildman–Crippen MR) is 474 cm³/mol. The monoisotopic (exact) mass is 1990 g/mol. The number of benzene rings is 1. The van der Waals surface area contributed by atoms with E-state index in [1.807, 2.05) is 376 Å². The number of hydrogen-bond donors (Lipinski definition) is 1. The van der Waals surface area contributed by atoms with Crippen LogP contribution in [-0.4, -0.2) is 133 Å². The van der Waals surface area contributed by atoms with E-state index in [-0.39, 0.29) is 29.2 Å². The third kappa shape index (κ3) is 28.2. The van der Waals surface area contributed by atoms with E-state index in [1.54, 1.807) is 86.0 Å². The number of aliphatic carboxylic acids is 6. The van der Waals surface area contributed by atoms with Crippen molar-refractivity contribution in [1.82, 2.24) is 6.15 Å². The fraction of sp³-hybridized carbons (Fsp3) is 0.308. The van der Waals surface area contributed by atoms with E-state index >= 15 is 0 Å². The number of non-ortho nitro benzene ring substituents is 1. The molecule has 0 aliphatic carbocycles. The normalized spacial score (nSPS) is 22.1. The number of rotatable bonds is 1. The molecule has 16 aliphatic heterocycles. The Morgan fingerprint density at radius 2 is 0.337 bits per heavy atom. The number of nitro groups is 1. The van der Waals surface area contributed by atoms with Gasteiger partial charge < -0.3 is 65.6 Å². The summed E-state index contributed by atoms with van der Waals surface area (Å²) in [6.07, 6.45) is 0. The number of nitrogens with zero attached hydrogens (tertiary/aromatic N) is 1. The van der Waals surface area contributed by atoms with Crippen molar-refractivity contribution in [3.05, 3.63) is 142 Å². The second kappa shape index (κ2) is 47.1. The summed E-state index contributed by atoms with van der Waals surface area (Å²) in [4.78, 5) is 63.1. The SMILES string of the molecule is C1CSC2=C(S1)SC(=C1SC3=C(SCCS3)S1)S2.C1CSC2=C(S1)SC(=C1SC3=C(SCCS3)S1)S2.C1CSC2=C(S1)SC(=C1SC3=C(SCCS3)S1)S2.C1CSC2=C(S1)SC(=C1SC3=C(SCCS3)S1)S2.O=C([O-])C(=O)[O-].O=C([O-])C(=O)[O-].O=C([O-])C(=O)[O-].O=[N+]([O-])c1ccccc1.[Cr+5].[NH4+]. The number of thioether (sulfide) groups is 32. The van der Waals surface area contributed by atoms with Gasteiger partial charge in [0.15, 0.2) is 0 Å². The number of carboxylic acid groups (broad SMARTS) is 6. The molecule has 16 aliphatic rings. The van der Waals surface area contributed by atoms with Gasteiger partial charge >= 0.3 is 17.4 Å². The third-order valence-electron chi connectivity index (χ3n) is 10.8. The molecular formula is C52H41CrN2O14S32. The summed E-state index contributed by atoms with van der Waals surface area (Å²) in [6.45, 7) is 0. The minimum Gasteiger partial charge on any atom is -0.543 e. The minimum atomic E-state index is -2.19. The van der Waals surface area contributed by atoms with Gasteiger partial charge in [0.2, 0.25) is 0 Å². The van der Waals surface area contributed by atoms with Crippen LogP contribution in [0.15, 0.2) is 132 Å². The summed E-state index contributed by atoms with van der Waals surface area (Å²) in [5.41, 5.74) is 0.137. The summed E-state index contributed by atoms with van der Waals surface area (Å²) in [6, 6.07) is 7.93. The van der Waals surface area contributed by atoms with Crippen LogP contribution in [0.4, 0.5) is 5.69 Å². The van der Waals surface area contributed by atoms with Crippen LogP contribution in [0.25, 0.3) is 0 Å². The van der Waals surface area contributed by atoms with Crippen LogP contribution in [0, 0.1) is 10.1 Å². The van der Waals surface area contributed by atoms with Gasteiger partial charge in [-0.15, -0.1) is 188 Å². The van der Waals surface area contributed by atoms with Crippen LogP contribution in [0.2, 0.25) is 0 Å². The van der Waals surface area contributed by atoms with E-state index in [4.69, 9.17) is 59.4 Å². The van der Waals surface area contributed by atoms with Crippen LogP contribution in [-0.2, 0) is 46.1 Å². The topological polar surface area (TPSA) is 320 Å². The number of nitro benzene ring substituents is 1. The van der Waals surface area contributed by atoms with Gasteiger partial charge in [-0.25, -0.2) is 0 Å². The predicted octanol–water partition coefficient (Wildman–Crippen LogP) is 16.6. The number of carboxylic acids is 6. The first-order valence-corrected chi connectivity index (χ1v) is 55.9. The van der Waals surface area contributed by atoms with Crippen molar-refractivity contribution in [1.29, 1.82) is 0 Å². The fourth-order valence-electron chi connectivity index (χ4n) is 6.96. The molecule has 17 rings (SSSR count). The van der Waals surface area contributed by atoms with Crippen molar-refractivity contribution in [2.45, 2.75) is 0 Å². The Bertz CT molecular complexity index is 3030. The van der Waals surface area contributed by atoms with Gasteiger partial charge in [0.05, 0.1) is 142 Å². The Kier molecular flexibility index (Phi) is 42.3. The Balaban J connectivity index is 0.000000152. The first-order valence-electron chi connectivity index (χ1n) is 27.1. The van der Waals surface area contributed by atoms with Gasteiger partial charge in [0.25, 0.3) is 5.69 Å². The molecule has 49 heteroatoms. The zero-order valence-corrected chi connectivity index (χ0v) is 77.7. The van der Waals surface area contributed by atoms with Crippen molar-refractivity contribution in [3.63, 3.8) is 0 Å². The maximum absolute atomic E-state index is 10.0. The Hall–Kier alpha value is 4.01. The van der Waals surface area contributed by atoms with Crippen LogP contribution < -0.4 is 36.8 Å². The number of hydrogen-bond acceptors (Lipinski definition) is 46. The van der Waals surface area contributed by atoms with Crippen LogP contribution >= 0.6 is 376 Å². The summed E-state index contributed by atoms with van der Waals surface area (Å²) >= 11 is 65.0. The van der Waals surface area contributed by atoms with Crippen LogP contribution in [0.5, 0.6) is 0 Å². The van der Waals surface area contributed by atoms with Gasteiger partial charge in [0, 0.05) is 104 Å². The molecule has 0 amide bonds. The van der Waals surface area contributed by atoms with E-state index in [1.165, 1.54) is 138 Å². The van der Waals surface area contributed by atoms with Gasteiger partial charge in [-0.05, 0) is 0 Å². The molecule has 1 aromatic carbocycles. The van der Waals surface area contributed by atoms with Crippen molar-refractivity contribution < 1.29 is 81.7 Å². The molecule has 0 saturated carbocycles. The molecular weight excluding hydrogens is 1950 g/mol. The molecule has 16 heterocycles. The van der Waals surface area contributed by atoms with E-state index < -0.39 is 40.7 Å². The average molecular weight is 2000 g/mol. The second-order valence-electron chi connectivity index (χ2n) is 17.4. The van der Waals surface area contributed by atoms with E-state index in [9.17, 15) is 10.1 Å². The molecule has 101 heavy (non-hydrogen) atoms. The molecule has 0 spiro atoms. The van der Waals surface area contributed by atoms with Gasteiger partial charge in [-0.1, -0.05) is 206 Å². The first kappa shape index (κ1) is 90.5. The molecule has 541 valence electrons. The van der Waals surface area contributed by atoms with Crippen LogP contribution in [0.3, 0.4) is 0 Å². The van der Waals surface area contributed by atoms with Crippen LogP contribution in [0.1, 0.15) is 0 Å². The number of carbonyl (C=O) groups excluding carboxylic acids is 6. The summed E-state index contributed by atoms with van der Waals surface area (Å²) in [7, 11) is 0. The molecule has 1 radical (unpaired) electrons. The molecule has 0 unspecified atom stereocenters. The zero-order valence-electron chi connectivity index (χ0n) is 50.3. The van der Waals surface area contributed by atoms with E-state index in [2.05, 4.69) is 0 Å². The van der Waals surface area contributed by atoms with Gasteiger partial charge in [-0.3, -0.25) is 10.1 Å². The summed E-state index contributed by atoms with van der Waals surface area (Å²) in [5.74, 6) is 7.34. The summed E-state index contributed by atoms with van der Waals surface area (Å²) in [5, 5.41) is 63.6. The molecule has 4 N–H and O–H groups in total. The molecule has 0 aromatic heterocycles. The Morgan fingerprint density at radius 1 is 0.228 bits per heavy atom. The van der Waals surface area contributed by atoms with Crippen molar-refractivity contribution in [2.75, 3.05) is 92.0 Å². The quantitative estimate of drug-likeness (QED) is 0.155. The third-order valence-corrected chi connectivity index (χ3v) is 59.2. The number of carbonyl (C=O) groups is 6. The Morgan fingerprint density at radius 3 is 0.416 bits per heavy atom. The summed E-state index contributed by atoms with van der Waals surface area (Å²) < 4.78 is 37.2. The molecule has 16 nitrogen and oxygen atoms in total. The van der Waals surface area contributed by atoms with Crippen molar-refractivity contribution in [2.24, 2.45) is 0 Å². The molecule has 0 bridgehead atoms. The van der Waals surface area contributed by atoms with Gasteiger partial charge in [0.1, 0.15) is 0 Å². The number of para-hydroxylation sites is 1. The average Bonchev–Trinajstić information content (AvgIpc) is 1.67. The molecule has 0 saturated heterocycles. The molecule has 1 aromatic rings. The Labute approximate surface area is 728 Å². The second-order valence-corrected chi connectivity index (χ2v) is 57.6. The maximum atomic E-state index is 10.0. The van der Waals surface area contributed by atoms with E-state index in [0.717, 1.165) is 0 Å². The maximum Gasteiger partial charge on any atom is 5.00 e. The first-order chi connectivity index (χ1) is 47.8. The zero-order chi connectivity index (χ0) is 70.0. The van der Waals surface area contributed by atoms with Crippen molar-refractivity contribution in [3.8, 4) is 0 Å². The fourth-order valence-corrected chi connectivity index (χ4v) is 55.8. The smallest absolute Gasteiger partial charge is 0.543 e. The number of quaternary nitrogens is 1. The molecule has 0 atom stereocenters. The van der Waals surface area contributed by atoms with Gasteiger partial charge in [-0.2, -0.15) is 0 Å². The molecule has 0 fully saturated rings. The van der Waals surface area contributed by atoms with Crippen molar-refractivity contribution >= 4 is 418 Å². The standard InChI is InChI=1S/4C10H8S8.C6H5NO2.3C2H2O4.Cr.H3N/c4*1-2-12-6-5(11-1)15-9(16-6)10-17-7-8(18-10)14-4-3-13-7;8-7(9)6-4-2-1-3-5-6;3*3-1(4)2(5)6;;/h4*1-4H2;1-5H;3*(H,3,4)(H,5,6);;1H3/q;;;;;;;;+5;/p-5. The van der Waals surface area contributed by atoms with E-state index in [0.29, 0.717) is 0 Å². The largest absolute Gasteiger partial charge is 5.00 e. The minimum absolute atomic E-state index is 0.